The van der Waals surface area contributed by atoms with E-state index in [1.165, 1.54) is 24.0 Å². The van der Waals surface area contributed by atoms with Gasteiger partial charge in [-0.05, 0) is 125 Å². The molecule has 0 unspecified atom stereocenters. The van der Waals surface area contributed by atoms with Crippen LogP contribution in [0, 0.1) is 18.8 Å². The van der Waals surface area contributed by atoms with Crippen LogP contribution in [-0.4, -0.2) is 84.6 Å². The molecular formula is C40H53N5O4. The van der Waals surface area contributed by atoms with Crippen LogP contribution >= 0.6 is 0 Å². The van der Waals surface area contributed by atoms with Crippen molar-refractivity contribution in [3.63, 3.8) is 0 Å². The fourth-order valence-corrected chi connectivity index (χ4v) is 8.15. The van der Waals surface area contributed by atoms with Crippen molar-refractivity contribution in [2.45, 2.75) is 89.2 Å². The number of piperazine rings is 1. The molecule has 1 saturated heterocycles. The molecule has 1 aliphatic heterocycles. The lowest BCUT2D eigenvalue weighted by molar-refractivity contribution is -0.124. The summed E-state index contributed by atoms with van der Waals surface area (Å²) in [5.74, 6) is 2.07. The number of carbonyl (C=O) groups is 2. The van der Waals surface area contributed by atoms with Crippen LogP contribution in [0.5, 0.6) is 5.75 Å². The van der Waals surface area contributed by atoms with E-state index >= 15 is 0 Å². The second-order valence-corrected chi connectivity index (χ2v) is 15.0. The Labute approximate surface area is 291 Å². The zero-order chi connectivity index (χ0) is 33.9. The summed E-state index contributed by atoms with van der Waals surface area (Å²) in [6.07, 6.45) is 13.6. The maximum Gasteiger partial charge on any atom is 0.410 e. The number of hydrogen-bond acceptors (Lipinski definition) is 6. The van der Waals surface area contributed by atoms with Crippen molar-refractivity contribution in [3.8, 4) is 16.9 Å². The number of aryl methyl sites for hydroxylation is 1. The first-order valence-electron chi connectivity index (χ1n) is 18.6. The molecule has 3 aliphatic carbocycles. The monoisotopic (exact) mass is 667 g/mol. The lowest BCUT2D eigenvalue weighted by Gasteiger charge is -2.37. The predicted molar refractivity (Wildman–Crippen MR) is 192 cm³/mol. The molecular weight excluding hydrogens is 614 g/mol. The van der Waals surface area contributed by atoms with E-state index in [4.69, 9.17) is 9.47 Å². The van der Waals surface area contributed by atoms with Crippen LogP contribution in [0.25, 0.3) is 11.1 Å². The maximum atomic E-state index is 14.5. The second-order valence-electron chi connectivity index (χ2n) is 15.0. The third-order valence-electron chi connectivity index (χ3n) is 11.5. The molecule has 7 rings (SSSR count). The number of nitrogens with zero attached hydrogens (tertiary/aromatic N) is 5. The summed E-state index contributed by atoms with van der Waals surface area (Å²) >= 11 is 0. The number of ether oxygens (including phenoxy) is 2. The van der Waals surface area contributed by atoms with Gasteiger partial charge >= 0.3 is 6.09 Å². The van der Waals surface area contributed by atoms with Crippen LogP contribution in [0.1, 0.15) is 87.3 Å². The number of anilines is 1. The van der Waals surface area contributed by atoms with Gasteiger partial charge in [0.15, 0.2) is 0 Å². The predicted octanol–water partition coefficient (Wildman–Crippen LogP) is 7.45. The van der Waals surface area contributed by atoms with Gasteiger partial charge in [0.2, 0.25) is 5.91 Å². The van der Waals surface area contributed by atoms with Crippen molar-refractivity contribution < 1.29 is 19.1 Å². The average molecular weight is 668 g/mol. The van der Waals surface area contributed by atoms with Gasteiger partial charge in [-0.1, -0.05) is 24.3 Å². The van der Waals surface area contributed by atoms with Gasteiger partial charge in [-0.3, -0.25) is 9.48 Å². The molecule has 9 nitrogen and oxygen atoms in total. The number of aromatic nitrogens is 2. The Balaban J connectivity index is 1.03. The molecule has 2 heterocycles. The van der Waals surface area contributed by atoms with Crippen LogP contribution in [0.15, 0.2) is 54.9 Å². The summed E-state index contributed by atoms with van der Waals surface area (Å²) in [5, 5.41) is 4.63. The molecule has 2 amide bonds. The first kappa shape index (κ1) is 33.6. The van der Waals surface area contributed by atoms with E-state index in [1.54, 1.807) is 7.11 Å². The van der Waals surface area contributed by atoms with Crippen molar-refractivity contribution >= 4 is 17.7 Å². The molecule has 2 aromatic carbocycles. The number of rotatable bonds is 9. The van der Waals surface area contributed by atoms with E-state index < -0.39 is 0 Å². The standard InChI is InChI=1S/C40H53N5O4/c1-28-23-33(13-18-38(28)48-3)30-9-7-29(8-10-30)26-44(36-6-4-5-32(24-36)34-25-41-45(27-34)35-14-15-35)39(46)31-11-16-37(17-12-31)49-40(47)43-21-19-42(2)20-22-43/h4-6,13,18,23-25,27,29-31,35,37H,7-12,14-17,19-22,26H2,1-3H3. The van der Waals surface area contributed by atoms with Crippen LogP contribution < -0.4 is 9.64 Å². The Morgan fingerprint density at radius 3 is 2.33 bits per heavy atom. The Hall–Kier alpha value is -3.85. The largest absolute Gasteiger partial charge is 0.496 e. The van der Waals surface area contributed by atoms with Gasteiger partial charge in [-0.25, -0.2) is 4.79 Å². The molecule has 9 heteroatoms. The van der Waals surface area contributed by atoms with Gasteiger partial charge in [0, 0.05) is 56.1 Å². The van der Waals surface area contributed by atoms with E-state index in [2.05, 4.69) is 82.2 Å². The number of benzene rings is 2. The summed E-state index contributed by atoms with van der Waals surface area (Å²) in [5.41, 5.74) is 5.75. The molecule has 1 aromatic heterocycles. The SMILES string of the molecule is COc1ccc(C2CCC(CN(C(=O)C3CCC(OC(=O)N4CCN(C)CC4)CC3)c3cccc(-c4cnn(C5CC5)c4)c3)CC2)cc1C. The summed E-state index contributed by atoms with van der Waals surface area (Å²) in [6, 6.07) is 15.6. The van der Waals surface area contributed by atoms with Crippen LogP contribution in [0.4, 0.5) is 10.5 Å². The lowest BCUT2D eigenvalue weighted by Crippen LogP contribution is -2.48. The molecule has 3 aromatic rings. The Morgan fingerprint density at radius 1 is 0.878 bits per heavy atom. The minimum atomic E-state index is -0.202. The number of methoxy groups -OCH3 is 1. The number of hydrogen-bond donors (Lipinski definition) is 0. The molecule has 0 atom stereocenters. The van der Waals surface area contributed by atoms with E-state index in [0.29, 0.717) is 31.0 Å². The number of likely N-dealkylation sites (N-methyl/N-ethyl adjacent to an activating group) is 1. The van der Waals surface area contributed by atoms with Gasteiger partial charge in [0.25, 0.3) is 0 Å². The molecule has 4 fully saturated rings. The molecule has 0 bridgehead atoms. The van der Waals surface area contributed by atoms with Gasteiger partial charge in [-0.15, -0.1) is 0 Å². The summed E-state index contributed by atoms with van der Waals surface area (Å²) < 4.78 is 13.5. The van der Waals surface area contributed by atoms with E-state index in [-0.39, 0.29) is 24.0 Å². The fraction of sp³-hybridized carbons (Fsp3) is 0.575. The van der Waals surface area contributed by atoms with Gasteiger partial charge in [0.05, 0.1) is 19.3 Å². The fourth-order valence-electron chi connectivity index (χ4n) is 8.15. The Morgan fingerprint density at radius 2 is 1.63 bits per heavy atom. The number of carbonyl (C=O) groups excluding carboxylic acids is 2. The average Bonchev–Trinajstić information content (AvgIpc) is 3.86. The second kappa shape index (κ2) is 15.0. The van der Waals surface area contributed by atoms with Crippen molar-refractivity contribution in [2.75, 3.05) is 51.8 Å². The Bertz CT molecular complexity index is 1590. The minimum Gasteiger partial charge on any atom is -0.496 e. The van der Waals surface area contributed by atoms with E-state index in [9.17, 15) is 9.59 Å². The molecule has 49 heavy (non-hydrogen) atoms. The first-order valence-corrected chi connectivity index (χ1v) is 18.6. The van der Waals surface area contributed by atoms with Crippen molar-refractivity contribution in [1.29, 1.82) is 0 Å². The first-order chi connectivity index (χ1) is 23.8. The van der Waals surface area contributed by atoms with Crippen molar-refractivity contribution in [3.05, 3.63) is 66.0 Å². The highest BCUT2D eigenvalue weighted by molar-refractivity contribution is 5.95. The van der Waals surface area contributed by atoms with Gasteiger partial charge in [-0.2, -0.15) is 5.10 Å². The Kier molecular flexibility index (Phi) is 10.3. The normalized spacial score (nSPS) is 24.8. The van der Waals surface area contributed by atoms with Crippen molar-refractivity contribution in [2.24, 2.45) is 11.8 Å². The zero-order valence-electron chi connectivity index (χ0n) is 29.6. The third kappa shape index (κ3) is 7.98. The molecule has 0 N–H and O–H groups in total. The van der Waals surface area contributed by atoms with Crippen LogP contribution in [-0.2, 0) is 9.53 Å². The quantitative estimate of drug-likeness (QED) is 0.236. The zero-order valence-corrected chi connectivity index (χ0v) is 29.6. The van der Waals surface area contributed by atoms with E-state index in [1.807, 2.05) is 11.1 Å². The highest BCUT2D eigenvalue weighted by atomic mass is 16.6. The van der Waals surface area contributed by atoms with Crippen LogP contribution in [0.2, 0.25) is 0 Å². The third-order valence-corrected chi connectivity index (χ3v) is 11.5. The minimum absolute atomic E-state index is 0.0709. The molecule has 0 spiro atoms. The smallest absolute Gasteiger partial charge is 0.410 e. The molecule has 0 radical (unpaired) electrons. The maximum absolute atomic E-state index is 14.5. The number of amides is 2. The topological polar surface area (TPSA) is 80.1 Å². The lowest BCUT2D eigenvalue weighted by atomic mass is 9.78. The highest BCUT2D eigenvalue weighted by Crippen LogP contribution is 2.40. The van der Waals surface area contributed by atoms with Gasteiger partial charge < -0.3 is 24.2 Å². The highest BCUT2D eigenvalue weighted by Gasteiger charge is 2.35. The van der Waals surface area contributed by atoms with Crippen molar-refractivity contribution in [1.82, 2.24) is 19.6 Å². The summed E-state index contributed by atoms with van der Waals surface area (Å²) in [7, 11) is 3.81. The molecule has 3 saturated carbocycles. The molecule has 262 valence electrons. The summed E-state index contributed by atoms with van der Waals surface area (Å²) in [4.78, 5) is 33.5. The van der Waals surface area contributed by atoms with Crippen LogP contribution in [0.3, 0.4) is 0 Å². The van der Waals surface area contributed by atoms with E-state index in [0.717, 1.165) is 93.6 Å². The van der Waals surface area contributed by atoms with Gasteiger partial charge in [0.1, 0.15) is 11.9 Å². The summed E-state index contributed by atoms with van der Waals surface area (Å²) in [6.45, 7) is 6.02. The molecule has 4 aliphatic rings.